The number of hydrogen-bond acceptors (Lipinski definition) is 4. The van der Waals surface area contributed by atoms with Crippen LogP contribution in [0.15, 0.2) is 6.07 Å². The van der Waals surface area contributed by atoms with E-state index in [-0.39, 0.29) is 10.7 Å². The third-order valence-electron chi connectivity index (χ3n) is 3.73. The second-order valence-corrected chi connectivity index (χ2v) is 5.33. The van der Waals surface area contributed by atoms with Gasteiger partial charge in [0.25, 0.3) is 0 Å². The van der Waals surface area contributed by atoms with E-state index < -0.39 is 5.82 Å². The molecule has 4 nitrogen and oxygen atoms in total. The van der Waals surface area contributed by atoms with Crippen LogP contribution in [0.4, 0.5) is 21.5 Å². The summed E-state index contributed by atoms with van der Waals surface area (Å²) in [7, 11) is 0. The highest BCUT2D eigenvalue weighted by molar-refractivity contribution is 6.33. The molecule has 4 N–H and O–H groups in total. The van der Waals surface area contributed by atoms with Gasteiger partial charge < -0.3 is 16.4 Å². The molecule has 0 aliphatic carbocycles. The fraction of sp³-hybridized carbons (Fsp3) is 0.538. The van der Waals surface area contributed by atoms with Crippen molar-refractivity contribution in [2.45, 2.75) is 19.9 Å². The van der Waals surface area contributed by atoms with E-state index in [0.717, 1.165) is 26.2 Å². The number of halogens is 2. The Hall–Kier alpha value is -1.20. The summed E-state index contributed by atoms with van der Waals surface area (Å²) in [6.07, 6.45) is 0. The SMILES string of the molecule is CCN1CCN(c2c(N)cc(N)c(Cl)c2F)CC1C. The van der Waals surface area contributed by atoms with E-state index >= 15 is 0 Å². The zero-order valence-electron chi connectivity index (χ0n) is 11.3. The van der Waals surface area contributed by atoms with Crippen LogP contribution in [-0.4, -0.2) is 37.1 Å². The summed E-state index contributed by atoms with van der Waals surface area (Å²) in [4.78, 5) is 4.30. The van der Waals surface area contributed by atoms with Gasteiger partial charge in [-0.1, -0.05) is 18.5 Å². The van der Waals surface area contributed by atoms with Crippen LogP contribution in [-0.2, 0) is 0 Å². The lowest BCUT2D eigenvalue weighted by atomic mass is 10.1. The summed E-state index contributed by atoms with van der Waals surface area (Å²) in [6, 6.07) is 1.88. The highest BCUT2D eigenvalue weighted by Gasteiger charge is 2.27. The number of benzene rings is 1. The standard InChI is InChI=1S/C13H20ClFN4/c1-3-18-4-5-19(7-8(18)2)13-10(17)6-9(16)11(14)12(13)15/h6,8H,3-5,7,16-17H2,1-2H3. The maximum atomic E-state index is 14.3. The summed E-state index contributed by atoms with van der Waals surface area (Å²) in [5.74, 6) is -0.517. The molecule has 2 rings (SSSR count). The van der Waals surface area contributed by atoms with Gasteiger partial charge >= 0.3 is 0 Å². The first kappa shape index (κ1) is 14.2. The molecule has 1 saturated heterocycles. The van der Waals surface area contributed by atoms with E-state index in [9.17, 15) is 4.39 Å². The van der Waals surface area contributed by atoms with Crippen LogP contribution in [0.25, 0.3) is 0 Å². The van der Waals surface area contributed by atoms with Crippen LogP contribution >= 0.6 is 11.6 Å². The lowest BCUT2D eigenvalue weighted by molar-refractivity contribution is 0.199. The summed E-state index contributed by atoms with van der Waals surface area (Å²) < 4.78 is 14.3. The van der Waals surface area contributed by atoms with Gasteiger partial charge in [0.2, 0.25) is 0 Å². The Morgan fingerprint density at radius 2 is 2.05 bits per heavy atom. The van der Waals surface area contributed by atoms with E-state index in [1.165, 1.54) is 6.07 Å². The van der Waals surface area contributed by atoms with Gasteiger partial charge in [0.1, 0.15) is 5.02 Å². The van der Waals surface area contributed by atoms with Gasteiger partial charge in [0, 0.05) is 25.7 Å². The summed E-state index contributed by atoms with van der Waals surface area (Å²) in [5.41, 5.74) is 12.4. The van der Waals surface area contributed by atoms with Crippen LogP contribution in [0.2, 0.25) is 5.02 Å². The Labute approximate surface area is 118 Å². The van der Waals surface area contributed by atoms with E-state index in [0.29, 0.717) is 17.4 Å². The van der Waals surface area contributed by atoms with Gasteiger partial charge in [-0.25, -0.2) is 4.39 Å². The zero-order chi connectivity index (χ0) is 14.2. The van der Waals surface area contributed by atoms with Crippen molar-refractivity contribution in [2.24, 2.45) is 0 Å². The Bertz CT molecular complexity index is 480. The van der Waals surface area contributed by atoms with Crippen LogP contribution in [0.1, 0.15) is 13.8 Å². The first-order valence-corrected chi connectivity index (χ1v) is 6.85. The Balaban J connectivity index is 2.31. The summed E-state index contributed by atoms with van der Waals surface area (Å²) in [5, 5.41) is -0.0465. The third kappa shape index (κ3) is 2.58. The molecule has 1 aliphatic heterocycles. The van der Waals surface area contributed by atoms with Crippen molar-refractivity contribution in [3.63, 3.8) is 0 Å². The van der Waals surface area contributed by atoms with E-state index in [2.05, 4.69) is 18.7 Å². The molecule has 19 heavy (non-hydrogen) atoms. The molecule has 0 aromatic heterocycles. The molecular formula is C13H20ClFN4. The van der Waals surface area contributed by atoms with Crippen molar-refractivity contribution >= 4 is 28.7 Å². The molecule has 1 atom stereocenters. The quantitative estimate of drug-likeness (QED) is 0.818. The van der Waals surface area contributed by atoms with Crippen LogP contribution in [0.5, 0.6) is 0 Å². The molecule has 1 aromatic rings. The summed E-state index contributed by atoms with van der Waals surface area (Å²) in [6.45, 7) is 7.60. The minimum atomic E-state index is -0.517. The molecule has 0 amide bonds. The van der Waals surface area contributed by atoms with Crippen molar-refractivity contribution in [3.8, 4) is 0 Å². The predicted molar refractivity (Wildman–Crippen MR) is 79.2 cm³/mol. The van der Waals surface area contributed by atoms with Crippen LogP contribution in [0, 0.1) is 5.82 Å². The van der Waals surface area contributed by atoms with E-state index in [1.54, 1.807) is 0 Å². The first-order chi connectivity index (χ1) is 8.95. The first-order valence-electron chi connectivity index (χ1n) is 6.47. The number of nitrogens with zero attached hydrogens (tertiary/aromatic N) is 2. The number of nitrogen functional groups attached to an aromatic ring is 2. The van der Waals surface area contributed by atoms with E-state index in [1.807, 2.05) is 4.90 Å². The van der Waals surface area contributed by atoms with Gasteiger partial charge in [-0.3, -0.25) is 4.90 Å². The highest BCUT2D eigenvalue weighted by Crippen LogP contribution is 2.36. The second kappa shape index (κ2) is 5.43. The van der Waals surface area contributed by atoms with Crippen LogP contribution < -0.4 is 16.4 Å². The molecule has 0 bridgehead atoms. The number of rotatable bonds is 2. The topological polar surface area (TPSA) is 58.5 Å². The minimum Gasteiger partial charge on any atom is -0.397 e. The molecule has 0 spiro atoms. The zero-order valence-corrected chi connectivity index (χ0v) is 12.0. The second-order valence-electron chi connectivity index (χ2n) is 4.96. The van der Waals surface area contributed by atoms with Crippen molar-refractivity contribution < 1.29 is 4.39 Å². The molecule has 0 radical (unpaired) electrons. The lowest BCUT2D eigenvalue weighted by Crippen LogP contribution is -2.52. The highest BCUT2D eigenvalue weighted by atomic mass is 35.5. The molecule has 1 aromatic carbocycles. The van der Waals surface area contributed by atoms with E-state index in [4.69, 9.17) is 23.1 Å². The minimum absolute atomic E-state index is 0.0465. The van der Waals surface area contributed by atoms with Gasteiger partial charge in [0.15, 0.2) is 5.82 Å². The fourth-order valence-electron chi connectivity index (χ4n) is 2.65. The number of anilines is 3. The monoisotopic (exact) mass is 286 g/mol. The molecule has 0 saturated carbocycles. The van der Waals surface area contributed by atoms with Crippen molar-refractivity contribution in [1.82, 2.24) is 4.90 Å². The molecule has 6 heteroatoms. The number of nitrogens with two attached hydrogens (primary N) is 2. The number of hydrogen-bond donors (Lipinski definition) is 2. The molecule has 1 heterocycles. The van der Waals surface area contributed by atoms with Gasteiger partial charge in [0.05, 0.1) is 17.1 Å². The predicted octanol–water partition coefficient (Wildman–Crippen LogP) is 2.17. The maximum Gasteiger partial charge on any atom is 0.169 e. The van der Waals surface area contributed by atoms with Crippen molar-refractivity contribution in [2.75, 3.05) is 42.5 Å². The van der Waals surface area contributed by atoms with Crippen molar-refractivity contribution in [3.05, 3.63) is 16.9 Å². The maximum absolute atomic E-state index is 14.3. The molecule has 106 valence electrons. The average molecular weight is 287 g/mol. The van der Waals surface area contributed by atoms with Gasteiger partial charge in [-0.2, -0.15) is 0 Å². The molecule has 1 fully saturated rings. The summed E-state index contributed by atoms with van der Waals surface area (Å²) >= 11 is 5.87. The van der Waals surface area contributed by atoms with Gasteiger partial charge in [-0.15, -0.1) is 0 Å². The third-order valence-corrected chi connectivity index (χ3v) is 4.11. The Morgan fingerprint density at radius 1 is 1.37 bits per heavy atom. The largest absolute Gasteiger partial charge is 0.397 e. The normalized spacial score (nSPS) is 20.8. The number of piperazine rings is 1. The lowest BCUT2D eigenvalue weighted by Gasteiger charge is -2.41. The molecular weight excluding hydrogens is 267 g/mol. The molecule has 1 aliphatic rings. The smallest absolute Gasteiger partial charge is 0.169 e. The fourth-order valence-corrected chi connectivity index (χ4v) is 2.79. The van der Waals surface area contributed by atoms with Crippen LogP contribution in [0.3, 0.4) is 0 Å². The van der Waals surface area contributed by atoms with Crippen molar-refractivity contribution in [1.29, 1.82) is 0 Å². The average Bonchev–Trinajstić information content (AvgIpc) is 2.36. The van der Waals surface area contributed by atoms with Gasteiger partial charge in [-0.05, 0) is 19.5 Å². The molecule has 1 unspecified atom stereocenters. The Morgan fingerprint density at radius 3 is 2.63 bits per heavy atom. The number of likely N-dealkylation sites (N-methyl/N-ethyl adjacent to an activating group) is 1. The Kier molecular flexibility index (Phi) is 4.06.